The summed E-state index contributed by atoms with van der Waals surface area (Å²) in [4.78, 5) is 61.3. The molecule has 1 fully saturated rings. The van der Waals surface area contributed by atoms with Gasteiger partial charge in [0.25, 0.3) is 5.91 Å². The van der Waals surface area contributed by atoms with Crippen LogP contribution < -0.4 is 10.6 Å². The molecule has 13 heteroatoms. The van der Waals surface area contributed by atoms with E-state index < -0.39 is 34.3 Å². The first kappa shape index (κ1) is 26.0. The molecule has 2 aliphatic heterocycles. The van der Waals surface area contributed by atoms with Crippen molar-refractivity contribution < 1.29 is 37.9 Å². The highest BCUT2D eigenvalue weighted by Crippen LogP contribution is 2.37. The molecule has 0 saturated carbocycles. The second-order valence-corrected chi connectivity index (χ2v) is 9.53. The number of thiazole rings is 1. The van der Waals surface area contributed by atoms with E-state index in [-0.39, 0.29) is 48.6 Å². The van der Waals surface area contributed by atoms with Crippen LogP contribution >= 0.6 is 11.3 Å². The van der Waals surface area contributed by atoms with Crippen molar-refractivity contribution in [1.29, 1.82) is 0 Å². The Morgan fingerprint density at radius 2 is 1.95 bits per heavy atom. The monoisotopic (exact) mass is 550 g/mol. The van der Waals surface area contributed by atoms with Gasteiger partial charge in [-0.25, -0.2) is 19.4 Å². The maximum Gasteiger partial charge on any atom is 0.433 e. The van der Waals surface area contributed by atoms with Crippen molar-refractivity contribution in [1.82, 2.24) is 15.3 Å². The minimum absolute atomic E-state index is 0.0147. The number of carbonyl (C=O) groups excluding carboxylic acids is 4. The van der Waals surface area contributed by atoms with Crippen molar-refractivity contribution in [2.45, 2.75) is 18.9 Å². The number of esters is 1. The molecule has 39 heavy (non-hydrogen) atoms. The number of hydrogen-bond donors (Lipinski definition) is 2. The average Bonchev–Trinajstić information content (AvgIpc) is 3.68. The van der Waals surface area contributed by atoms with Gasteiger partial charge >= 0.3 is 23.8 Å². The fourth-order valence-electron chi connectivity index (χ4n) is 4.55. The number of methoxy groups -OCH3 is 1. The van der Waals surface area contributed by atoms with Crippen LogP contribution in [-0.2, 0) is 36.6 Å². The Kier molecular flexibility index (Phi) is 7.34. The van der Waals surface area contributed by atoms with Crippen LogP contribution in [-0.4, -0.2) is 64.8 Å². The van der Waals surface area contributed by atoms with E-state index in [0.29, 0.717) is 5.56 Å². The molecule has 4 heterocycles. The first-order valence-electron chi connectivity index (χ1n) is 11.9. The minimum atomic E-state index is -1.32. The van der Waals surface area contributed by atoms with Gasteiger partial charge < -0.3 is 14.2 Å². The molecule has 5 rings (SSSR count). The molecule has 2 aromatic heterocycles. The number of pyridine rings is 1. The number of amides is 4. The lowest BCUT2D eigenvalue weighted by molar-refractivity contribution is -0.763. The number of ether oxygens (including phenoxy) is 3. The van der Waals surface area contributed by atoms with Crippen molar-refractivity contribution in [3.05, 3.63) is 88.7 Å². The molecule has 1 unspecified atom stereocenters. The Bertz CT molecular complexity index is 1430. The third kappa shape index (κ3) is 4.96. The first-order chi connectivity index (χ1) is 18.9. The van der Waals surface area contributed by atoms with Crippen molar-refractivity contribution in [2.75, 3.05) is 25.8 Å². The first-order valence-corrected chi connectivity index (χ1v) is 12.8. The zero-order valence-electron chi connectivity index (χ0n) is 20.8. The molecule has 0 radical (unpaired) electrons. The number of benzene rings is 1. The van der Waals surface area contributed by atoms with E-state index in [1.807, 2.05) is 30.3 Å². The maximum absolute atomic E-state index is 13.9. The highest BCUT2D eigenvalue weighted by molar-refractivity contribution is 7.14. The third-order valence-corrected chi connectivity index (χ3v) is 7.11. The smallest absolute Gasteiger partial charge is 0.433 e. The van der Waals surface area contributed by atoms with Gasteiger partial charge in [0, 0.05) is 30.6 Å². The maximum atomic E-state index is 13.9. The van der Waals surface area contributed by atoms with Gasteiger partial charge in [-0.15, -0.1) is 11.3 Å². The van der Waals surface area contributed by atoms with Crippen molar-refractivity contribution in [3.8, 4) is 0 Å². The summed E-state index contributed by atoms with van der Waals surface area (Å²) in [5.74, 6) is -1.69. The number of anilines is 1. The summed E-state index contributed by atoms with van der Waals surface area (Å²) in [5.41, 5.74) is 1.49. The van der Waals surface area contributed by atoms with Gasteiger partial charge in [-0.3, -0.25) is 20.4 Å². The molecule has 0 bridgehead atoms. The predicted octanol–water partition coefficient (Wildman–Crippen LogP) is 2.36. The second kappa shape index (κ2) is 11.0. The van der Waals surface area contributed by atoms with Crippen molar-refractivity contribution in [3.63, 3.8) is 0 Å². The van der Waals surface area contributed by atoms with E-state index in [2.05, 4.69) is 25.3 Å². The SMILES string of the molecule is COC(=O)c1csc(NC(=O)[C@H](Cc2cccnc2)[N+]2(C3=C(Cc4ccccc4)OCO3)C(=O)CNC2=O)n1. The van der Waals surface area contributed by atoms with Crippen LogP contribution in [0.5, 0.6) is 0 Å². The zero-order chi connectivity index (χ0) is 27.4. The molecule has 12 nitrogen and oxygen atoms in total. The number of rotatable bonds is 9. The number of hydrogen-bond acceptors (Lipinski definition) is 10. The van der Waals surface area contributed by atoms with Gasteiger partial charge in [0.2, 0.25) is 12.6 Å². The number of quaternary nitrogens is 1. The van der Waals surface area contributed by atoms with E-state index in [1.165, 1.54) is 12.5 Å². The Morgan fingerprint density at radius 1 is 1.15 bits per heavy atom. The molecule has 1 aromatic carbocycles. The Hall–Kier alpha value is -4.62. The Balaban J connectivity index is 1.59. The van der Waals surface area contributed by atoms with Crippen LogP contribution in [0.2, 0.25) is 0 Å². The normalized spacial score (nSPS) is 19.2. The van der Waals surface area contributed by atoms with Gasteiger partial charge in [0.1, 0.15) is 6.54 Å². The van der Waals surface area contributed by atoms with Crippen molar-refractivity contribution >= 4 is 40.3 Å². The highest BCUT2D eigenvalue weighted by Gasteiger charge is 2.64. The molecule has 3 aromatic rings. The summed E-state index contributed by atoms with van der Waals surface area (Å²) < 4.78 is 15.2. The van der Waals surface area contributed by atoms with Gasteiger partial charge in [-0.2, -0.15) is 0 Å². The molecule has 200 valence electrons. The van der Waals surface area contributed by atoms with E-state index >= 15 is 0 Å². The number of urea groups is 1. The molecule has 4 amide bonds. The van der Waals surface area contributed by atoms with Gasteiger partial charge in [-0.05, 0) is 17.2 Å². The predicted molar refractivity (Wildman–Crippen MR) is 137 cm³/mol. The summed E-state index contributed by atoms with van der Waals surface area (Å²) >= 11 is 1.01. The molecule has 2 aliphatic rings. The zero-order valence-corrected chi connectivity index (χ0v) is 21.6. The molecular weight excluding hydrogens is 526 g/mol. The second-order valence-electron chi connectivity index (χ2n) is 8.67. The lowest BCUT2D eigenvalue weighted by atomic mass is 10.0. The summed E-state index contributed by atoms with van der Waals surface area (Å²) in [7, 11) is 1.22. The standard InChI is InChI=1S/C26H23N5O7S/c1-36-24(34)18-14-39-25(29-18)30-22(33)19(10-17-8-5-9-27-12-17)31(21(32)13-28-26(31)35)23-20(37-15-38-23)11-16-6-3-2-4-7-16/h2-9,12,14,19H,10-11,13,15H2,1H3,(H-,28,29,30,33,35)/p+1/t19-,31?/m0/s1. The summed E-state index contributed by atoms with van der Waals surface area (Å²) in [6.45, 7) is -0.515. The van der Waals surface area contributed by atoms with Crippen LogP contribution in [0.25, 0.3) is 0 Å². The molecule has 0 spiro atoms. The number of aromatic nitrogens is 2. The minimum Gasteiger partial charge on any atom is -0.464 e. The average molecular weight is 551 g/mol. The number of nitrogens with one attached hydrogen (secondary N) is 2. The fourth-order valence-corrected chi connectivity index (χ4v) is 5.23. The van der Waals surface area contributed by atoms with Crippen molar-refractivity contribution in [2.24, 2.45) is 0 Å². The van der Waals surface area contributed by atoms with Crippen LogP contribution in [0, 0.1) is 0 Å². The lowest BCUT2D eigenvalue weighted by Crippen LogP contribution is -2.64. The van der Waals surface area contributed by atoms with Crippen LogP contribution in [0.15, 0.2) is 71.9 Å². The molecule has 0 aliphatic carbocycles. The molecular formula is C26H24N5O7S+. The quantitative estimate of drug-likeness (QED) is 0.233. The largest absolute Gasteiger partial charge is 0.464 e. The van der Waals surface area contributed by atoms with E-state index in [9.17, 15) is 19.2 Å². The highest BCUT2D eigenvalue weighted by atomic mass is 32.1. The number of allylic oxidation sites excluding steroid dienone is 1. The van der Waals surface area contributed by atoms with Gasteiger partial charge in [-0.1, -0.05) is 40.9 Å². The van der Waals surface area contributed by atoms with Crippen LogP contribution in [0.3, 0.4) is 0 Å². The number of carbonyl (C=O) groups is 4. The Labute approximate surface area is 226 Å². The Morgan fingerprint density at radius 3 is 2.64 bits per heavy atom. The topological polar surface area (TPSA) is 146 Å². The van der Waals surface area contributed by atoms with Gasteiger partial charge in [0.05, 0.1) is 7.11 Å². The van der Waals surface area contributed by atoms with E-state index in [0.717, 1.165) is 16.9 Å². The number of imide groups is 1. The summed E-state index contributed by atoms with van der Waals surface area (Å²) in [6.07, 6.45) is 3.33. The summed E-state index contributed by atoms with van der Waals surface area (Å²) in [5, 5.41) is 6.78. The molecule has 2 N–H and O–H groups in total. The van der Waals surface area contributed by atoms with Gasteiger partial charge in [0.15, 0.2) is 16.9 Å². The third-order valence-electron chi connectivity index (χ3n) is 6.35. The van der Waals surface area contributed by atoms with Crippen LogP contribution in [0.4, 0.5) is 9.93 Å². The van der Waals surface area contributed by atoms with Crippen LogP contribution in [0.1, 0.15) is 21.6 Å². The lowest BCUT2D eigenvalue weighted by Gasteiger charge is -2.33. The van der Waals surface area contributed by atoms with E-state index in [4.69, 9.17) is 9.47 Å². The molecule has 2 atom stereocenters. The number of nitrogens with zero attached hydrogens (tertiary/aromatic N) is 3. The fraction of sp³-hybridized carbons (Fsp3) is 0.231. The summed E-state index contributed by atoms with van der Waals surface area (Å²) in [6, 6.07) is 10.7. The molecule has 1 saturated heterocycles. The van der Waals surface area contributed by atoms with E-state index in [1.54, 1.807) is 24.5 Å².